The van der Waals surface area contributed by atoms with Crippen molar-refractivity contribution in [2.75, 3.05) is 11.4 Å². The van der Waals surface area contributed by atoms with E-state index in [2.05, 4.69) is 29.3 Å². The maximum absolute atomic E-state index is 6.47. The molecule has 3 rings (SSSR count). The van der Waals surface area contributed by atoms with Gasteiger partial charge in [-0.25, -0.2) is 0 Å². The molecule has 1 N–H and O–H groups in total. The van der Waals surface area contributed by atoms with Crippen molar-refractivity contribution in [2.45, 2.75) is 64.1 Å². The van der Waals surface area contributed by atoms with Crippen molar-refractivity contribution in [3.05, 3.63) is 28.8 Å². The highest BCUT2D eigenvalue weighted by atomic mass is 35.5. The van der Waals surface area contributed by atoms with Crippen LogP contribution in [0, 0.1) is 0 Å². The summed E-state index contributed by atoms with van der Waals surface area (Å²) < 4.78 is 0. The van der Waals surface area contributed by atoms with Gasteiger partial charge in [0.05, 0.1) is 0 Å². The monoisotopic (exact) mass is 292 g/mol. The average Bonchev–Trinajstić information content (AvgIpc) is 3.13. The smallest absolute Gasteiger partial charge is 0.0471 e. The molecule has 110 valence electrons. The molecule has 0 amide bonds. The molecular weight excluding hydrogens is 268 g/mol. The second kappa shape index (κ2) is 6.36. The van der Waals surface area contributed by atoms with Crippen LogP contribution in [0.2, 0.25) is 5.02 Å². The summed E-state index contributed by atoms with van der Waals surface area (Å²) in [5.41, 5.74) is 2.63. The van der Waals surface area contributed by atoms with Gasteiger partial charge in [0, 0.05) is 41.4 Å². The Hall–Kier alpha value is -0.730. The highest BCUT2D eigenvalue weighted by Crippen LogP contribution is 2.34. The molecule has 20 heavy (non-hydrogen) atoms. The number of rotatable bonds is 6. The topological polar surface area (TPSA) is 15.3 Å². The van der Waals surface area contributed by atoms with Gasteiger partial charge in [0.25, 0.3) is 0 Å². The summed E-state index contributed by atoms with van der Waals surface area (Å²) in [6.45, 7) is 4.24. The molecule has 2 aliphatic rings. The molecule has 0 saturated heterocycles. The van der Waals surface area contributed by atoms with E-state index < -0.39 is 0 Å². The normalized spacial score (nSPS) is 19.5. The van der Waals surface area contributed by atoms with Crippen LogP contribution in [0.5, 0.6) is 0 Å². The Morgan fingerprint density at radius 1 is 1.20 bits per heavy atom. The first-order valence-corrected chi connectivity index (χ1v) is 8.44. The van der Waals surface area contributed by atoms with E-state index in [9.17, 15) is 0 Å². The predicted octanol–water partition coefficient (Wildman–Crippen LogP) is 4.36. The zero-order valence-corrected chi connectivity index (χ0v) is 13.1. The van der Waals surface area contributed by atoms with Crippen LogP contribution >= 0.6 is 11.6 Å². The quantitative estimate of drug-likeness (QED) is 0.838. The zero-order valence-electron chi connectivity index (χ0n) is 12.4. The van der Waals surface area contributed by atoms with Gasteiger partial charge < -0.3 is 10.2 Å². The van der Waals surface area contributed by atoms with Gasteiger partial charge in [0.15, 0.2) is 0 Å². The molecule has 1 aromatic rings. The minimum absolute atomic E-state index is 0.707. The number of anilines is 1. The summed E-state index contributed by atoms with van der Waals surface area (Å²) in [4.78, 5) is 2.57. The molecule has 3 heteroatoms. The Labute approximate surface area is 127 Å². The Bertz CT molecular complexity index is 450. The lowest BCUT2D eigenvalue weighted by molar-refractivity contribution is 0.612. The molecule has 0 aromatic heterocycles. The van der Waals surface area contributed by atoms with Crippen molar-refractivity contribution in [3.8, 4) is 0 Å². The number of halogens is 1. The first kappa shape index (κ1) is 14.2. The number of hydrogen-bond donors (Lipinski definition) is 1. The van der Waals surface area contributed by atoms with E-state index in [1.54, 1.807) is 0 Å². The summed E-state index contributed by atoms with van der Waals surface area (Å²) >= 11 is 6.47. The molecule has 0 spiro atoms. The van der Waals surface area contributed by atoms with Crippen LogP contribution in [0.1, 0.15) is 51.0 Å². The fraction of sp³-hybridized carbons (Fsp3) is 0.647. The fourth-order valence-electron chi connectivity index (χ4n) is 3.37. The van der Waals surface area contributed by atoms with Crippen molar-refractivity contribution in [1.82, 2.24) is 5.32 Å². The molecule has 1 aromatic carbocycles. The van der Waals surface area contributed by atoms with E-state index >= 15 is 0 Å². The minimum atomic E-state index is 0.707. The van der Waals surface area contributed by atoms with E-state index in [1.807, 2.05) is 6.07 Å². The van der Waals surface area contributed by atoms with Crippen molar-refractivity contribution >= 4 is 17.3 Å². The summed E-state index contributed by atoms with van der Waals surface area (Å²) in [7, 11) is 0. The van der Waals surface area contributed by atoms with Crippen molar-refractivity contribution < 1.29 is 0 Å². The van der Waals surface area contributed by atoms with Gasteiger partial charge in [-0.3, -0.25) is 0 Å². The second-order valence-electron chi connectivity index (χ2n) is 6.12. The predicted molar refractivity (Wildman–Crippen MR) is 86.6 cm³/mol. The summed E-state index contributed by atoms with van der Waals surface area (Å²) in [6.07, 6.45) is 8.04. The largest absolute Gasteiger partial charge is 0.369 e. The Kier molecular flexibility index (Phi) is 4.52. The molecule has 0 radical (unpaired) electrons. The first-order valence-electron chi connectivity index (χ1n) is 8.07. The maximum atomic E-state index is 6.47. The summed E-state index contributed by atoms with van der Waals surface area (Å²) in [5, 5.41) is 4.52. The maximum Gasteiger partial charge on any atom is 0.0471 e. The highest BCUT2D eigenvalue weighted by Gasteiger charge is 2.25. The van der Waals surface area contributed by atoms with Crippen molar-refractivity contribution in [3.63, 3.8) is 0 Å². The van der Waals surface area contributed by atoms with Gasteiger partial charge in [0.2, 0.25) is 0 Å². The van der Waals surface area contributed by atoms with E-state index in [4.69, 9.17) is 11.6 Å². The lowest BCUT2D eigenvalue weighted by Crippen LogP contribution is -2.34. The second-order valence-corrected chi connectivity index (χ2v) is 6.52. The van der Waals surface area contributed by atoms with E-state index in [0.717, 1.165) is 24.2 Å². The molecule has 0 bridgehead atoms. The number of nitrogens with one attached hydrogen (secondary N) is 1. The number of nitrogens with zero attached hydrogens (tertiary/aromatic N) is 1. The minimum Gasteiger partial charge on any atom is -0.369 e. The molecule has 0 heterocycles. The Morgan fingerprint density at radius 2 is 1.95 bits per heavy atom. The third-order valence-electron chi connectivity index (χ3n) is 4.65. The van der Waals surface area contributed by atoms with Gasteiger partial charge in [-0.1, -0.05) is 30.5 Å². The summed E-state index contributed by atoms with van der Waals surface area (Å²) in [5.74, 6) is 0. The zero-order chi connectivity index (χ0) is 13.9. The lowest BCUT2D eigenvalue weighted by Gasteiger charge is -2.32. The van der Waals surface area contributed by atoms with Crippen LogP contribution in [0.3, 0.4) is 0 Å². The highest BCUT2D eigenvalue weighted by molar-refractivity contribution is 6.31. The van der Waals surface area contributed by atoms with Crippen molar-refractivity contribution in [2.24, 2.45) is 0 Å². The van der Waals surface area contributed by atoms with Gasteiger partial charge in [-0.2, -0.15) is 0 Å². The summed E-state index contributed by atoms with van der Waals surface area (Å²) in [6, 6.07) is 7.80. The van der Waals surface area contributed by atoms with Gasteiger partial charge >= 0.3 is 0 Å². The molecule has 0 atom stereocenters. The molecular formula is C17H25ClN2. The molecule has 2 nitrogen and oxygen atoms in total. The van der Waals surface area contributed by atoms with Crippen LogP contribution in [0.15, 0.2) is 18.2 Å². The molecule has 2 saturated carbocycles. The van der Waals surface area contributed by atoms with E-state index in [1.165, 1.54) is 49.8 Å². The molecule has 2 fully saturated rings. The standard InChI is InChI=1S/C17H25ClN2/c1-2-20(14-6-3-4-7-14)17-9-5-8-16(18)15(17)12-19-13-10-11-13/h5,8-9,13-14,19H,2-4,6-7,10-12H2,1H3. The SMILES string of the molecule is CCN(c1cccc(Cl)c1CNC1CC1)C1CCCC1. The first-order chi connectivity index (χ1) is 9.79. The van der Waals surface area contributed by atoms with Crippen LogP contribution in [-0.2, 0) is 6.54 Å². The van der Waals surface area contributed by atoms with E-state index in [-0.39, 0.29) is 0 Å². The third-order valence-corrected chi connectivity index (χ3v) is 5.01. The van der Waals surface area contributed by atoms with Crippen molar-refractivity contribution in [1.29, 1.82) is 0 Å². The number of benzene rings is 1. The Balaban J connectivity index is 1.83. The fourth-order valence-corrected chi connectivity index (χ4v) is 3.60. The van der Waals surface area contributed by atoms with Gasteiger partial charge in [-0.15, -0.1) is 0 Å². The number of hydrogen-bond acceptors (Lipinski definition) is 2. The van der Waals surface area contributed by atoms with Crippen LogP contribution in [-0.4, -0.2) is 18.6 Å². The Morgan fingerprint density at radius 3 is 2.60 bits per heavy atom. The van der Waals surface area contributed by atoms with Crippen LogP contribution in [0.4, 0.5) is 5.69 Å². The van der Waals surface area contributed by atoms with Gasteiger partial charge in [-0.05, 0) is 44.7 Å². The van der Waals surface area contributed by atoms with Crippen LogP contribution < -0.4 is 10.2 Å². The van der Waals surface area contributed by atoms with Crippen LogP contribution in [0.25, 0.3) is 0 Å². The van der Waals surface area contributed by atoms with E-state index in [0.29, 0.717) is 6.04 Å². The molecule has 0 aliphatic heterocycles. The molecule has 2 aliphatic carbocycles. The average molecular weight is 293 g/mol. The van der Waals surface area contributed by atoms with Gasteiger partial charge in [0.1, 0.15) is 0 Å². The lowest BCUT2D eigenvalue weighted by atomic mass is 10.1. The third kappa shape index (κ3) is 3.12. The molecule has 0 unspecified atom stereocenters.